The summed E-state index contributed by atoms with van der Waals surface area (Å²) in [5.74, 6) is -0.591. The van der Waals surface area contributed by atoms with Gasteiger partial charge in [0.15, 0.2) is 0 Å². The Morgan fingerprint density at radius 2 is 1.87 bits per heavy atom. The summed E-state index contributed by atoms with van der Waals surface area (Å²) in [5.41, 5.74) is 3.19. The number of phenols is 1. The number of aliphatic hydroxyl groups is 1. The highest BCUT2D eigenvalue weighted by Gasteiger charge is 2.22. The molecule has 1 atom stereocenters. The molecule has 3 N–H and O–H groups in total. The van der Waals surface area contributed by atoms with Gasteiger partial charge in [0.1, 0.15) is 5.75 Å². The van der Waals surface area contributed by atoms with E-state index in [9.17, 15) is 19.8 Å². The smallest absolute Gasteiger partial charge is 0.338 e. The number of carbonyl (C=O) groups is 2. The van der Waals surface area contributed by atoms with E-state index in [-0.39, 0.29) is 37.0 Å². The third-order valence-corrected chi connectivity index (χ3v) is 5.48. The van der Waals surface area contributed by atoms with Gasteiger partial charge in [0, 0.05) is 5.02 Å². The minimum atomic E-state index is -0.600. The quantitative estimate of drug-likeness (QED) is 0.553. The van der Waals surface area contributed by atoms with Crippen LogP contribution in [0.5, 0.6) is 5.75 Å². The average Bonchev–Trinajstić information content (AvgIpc) is 2.72. The number of hydrogen-bond acceptors (Lipinski definition) is 5. The zero-order chi connectivity index (χ0) is 22.4. The van der Waals surface area contributed by atoms with Gasteiger partial charge in [-0.15, -0.1) is 0 Å². The number of amides is 1. The van der Waals surface area contributed by atoms with Crippen LogP contribution in [0, 0.1) is 6.92 Å². The van der Waals surface area contributed by atoms with Crippen LogP contribution >= 0.6 is 11.6 Å². The number of rotatable bonds is 8. The van der Waals surface area contributed by atoms with Crippen LogP contribution in [0.15, 0.2) is 30.3 Å². The summed E-state index contributed by atoms with van der Waals surface area (Å²) < 4.78 is 4.90. The van der Waals surface area contributed by atoms with Crippen molar-refractivity contribution in [2.45, 2.75) is 45.6 Å². The van der Waals surface area contributed by atoms with Gasteiger partial charge in [-0.2, -0.15) is 0 Å². The summed E-state index contributed by atoms with van der Waals surface area (Å²) in [7, 11) is 1.32. The third kappa shape index (κ3) is 5.52. The molecule has 1 amide bonds. The maximum atomic E-state index is 12.6. The van der Waals surface area contributed by atoms with E-state index >= 15 is 0 Å². The first-order chi connectivity index (χ1) is 14.2. The minimum absolute atomic E-state index is 0.0365. The molecule has 162 valence electrons. The molecule has 0 radical (unpaired) electrons. The predicted octanol–water partition coefficient (Wildman–Crippen LogP) is 3.53. The van der Waals surface area contributed by atoms with Crippen molar-refractivity contribution < 1.29 is 24.5 Å². The number of ether oxygens (including phenoxy) is 1. The molecule has 2 aromatic carbocycles. The Balaban J connectivity index is 2.25. The SMILES string of the molecule is COC(=O)c1cccc(C(C)C)c1CC(CO)NC(=O)Cc1c(Cl)ccc(O)c1C. The lowest BCUT2D eigenvalue weighted by atomic mass is 9.89. The van der Waals surface area contributed by atoms with Crippen molar-refractivity contribution >= 4 is 23.5 Å². The molecule has 0 fully saturated rings. The van der Waals surface area contributed by atoms with Crippen LogP contribution in [0.3, 0.4) is 0 Å². The Morgan fingerprint density at radius 1 is 1.17 bits per heavy atom. The van der Waals surface area contributed by atoms with Crippen LogP contribution in [0.25, 0.3) is 0 Å². The number of hydrogen-bond donors (Lipinski definition) is 3. The van der Waals surface area contributed by atoms with E-state index in [2.05, 4.69) is 5.32 Å². The van der Waals surface area contributed by atoms with Crippen LogP contribution in [0.4, 0.5) is 0 Å². The Kier molecular flexibility index (Phi) is 8.26. The van der Waals surface area contributed by atoms with E-state index in [0.717, 1.165) is 11.1 Å². The molecule has 0 aliphatic rings. The second-order valence-electron chi connectivity index (χ2n) is 7.52. The Hall–Kier alpha value is -2.57. The summed E-state index contributed by atoms with van der Waals surface area (Å²) in [6.07, 6.45) is 0.235. The van der Waals surface area contributed by atoms with Gasteiger partial charge in [-0.25, -0.2) is 4.79 Å². The molecule has 0 aliphatic heterocycles. The number of benzene rings is 2. The number of methoxy groups -OCH3 is 1. The van der Waals surface area contributed by atoms with Gasteiger partial charge in [-0.3, -0.25) is 4.79 Å². The van der Waals surface area contributed by atoms with E-state index < -0.39 is 12.0 Å². The van der Waals surface area contributed by atoms with Crippen molar-refractivity contribution in [3.8, 4) is 5.75 Å². The van der Waals surface area contributed by atoms with Crippen LogP contribution in [-0.2, 0) is 22.4 Å². The molecule has 0 aliphatic carbocycles. The van der Waals surface area contributed by atoms with E-state index in [1.165, 1.54) is 19.2 Å². The number of carbonyl (C=O) groups excluding carboxylic acids is 2. The molecule has 0 heterocycles. The molecule has 0 aromatic heterocycles. The van der Waals surface area contributed by atoms with Crippen molar-refractivity contribution in [2.24, 2.45) is 0 Å². The second kappa shape index (κ2) is 10.5. The molecule has 0 saturated carbocycles. The summed E-state index contributed by atoms with van der Waals surface area (Å²) in [6.45, 7) is 5.42. The van der Waals surface area contributed by atoms with E-state index in [4.69, 9.17) is 16.3 Å². The van der Waals surface area contributed by atoms with Crippen LogP contribution < -0.4 is 5.32 Å². The normalized spacial score (nSPS) is 12.0. The van der Waals surface area contributed by atoms with Gasteiger partial charge >= 0.3 is 5.97 Å². The maximum Gasteiger partial charge on any atom is 0.338 e. The van der Waals surface area contributed by atoms with Gasteiger partial charge in [-0.05, 0) is 59.7 Å². The van der Waals surface area contributed by atoms with Crippen molar-refractivity contribution in [1.29, 1.82) is 0 Å². The summed E-state index contributed by atoms with van der Waals surface area (Å²) in [6, 6.07) is 7.82. The zero-order valence-corrected chi connectivity index (χ0v) is 18.4. The highest BCUT2D eigenvalue weighted by atomic mass is 35.5. The Bertz CT molecular complexity index is 926. The fraction of sp³-hybridized carbons (Fsp3) is 0.391. The number of aliphatic hydroxyl groups excluding tert-OH is 1. The van der Waals surface area contributed by atoms with E-state index in [0.29, 0.717) is 21.7 Å². The molecule has 0 saturated heterocycles. The molecule has 0 bridgehead atoms. The van der Waals surface area contributed by atoms with Crippen molar-refractivity contribution in [3.05, 3.63) is 63.2 Å². The van der Waals surface area contributed by atoms with Crippen molar-refractivity contribution in [1.82, 2.24) is 5.32 Å². The highest BCUT2D eigenvalue weighted by Crippen LogP contribution is 2.28. The van der Waals surface area contributed by atoms with Crippen molar-refractivity contribution in [2.75, 3.05) is 13.7 Å². The summed E-state index contributed by atoms with van der Waals surface area (Å²) in [5, 5.41) is 22.9. The van der Waals surface area contributed by atoms with Gasteiger partial charge in [0.2, 0.25) is 5.91 Å². The molecule has 30 heavy (non-hydrogen) atoms. The first-order valence-electron chi connectivity index (χ1n) is 9.76. The highest BCUT2D eigenvalue weighted by molar-refractivity contribution is 6.31. The lowest BCUT2D eigenvalue weighted by Gasteiger charge is -2.22. The second-order valence-corrected chi connectivity index (χ2v) is 7.92. The van der Waals surface area contributed by atoms with E-state index in [1.54, 1.807) is 19.1 Å². The number of halogens is 1. The Morgan fingerprint density at radius 3 is 2.47 bits per heavy atom. The van der Waals surface area contributed by atoms with Crippen LogP contribution in [0.1, 0.15) is 52.4 Å². The lowest BCUT2D eigenvalue weighted by Crippen LogP contribution is -2.40. The number of esters is 1. The monoisotopic (exact) mass is 433 g/mol. The maximum absolute atomic E-state index is 12.6. The Labute approximate surface area is 181 Å². The number of phenolic OH excluding ortho intramolecular Hbond substituents is 1. The first kappa shape index (κ1) is 23.7. The predicted molar refractivity (Wildman–Crippen MR) is 116 cm³/mol. The van der Waals surface area contributed by atoms with Gasteiger partial charge in [0.25, 0.3) is 0 Å². The van der Waals surface area contributed by atoms with E-state index in [1.807, 2.05) is 19.9 Å². The third-order valence-electron chi connectivity index (χ3n) is 5.13. The van der Waals surface area contributed by atoms with Crippen LogP contribution in [0.2, 0.25) is 5.02 Å². The fourth-order valence-electron chi connectivity index (χ4n) is 3.45. The largest absolute Gasteiger partial charge is 0.508 e. The molecule has 2 aromatic rings. The average molecular weight is 434 g/mol. The minimum Gasteiger partial charge on any atom is -0.508 e. The van der Waals surface area contributed by atoms with Crippen molar-refractivity contribution in [3.63, 3.8) is 0 Å². The number of aromatic hydroxyl groups is 1. The first-order valence-corrected chi connectivity index (χ1v) is 10.1. The molecular formula is C23H28ClNO5. The fourth-order valence-corrected chi connectivity index (χ4v) is 3.72. The molecule has 2 rings (SSSR count). The topological polar surface area (TPSA) is 95.9 Å². The molecular weight excluding hydrogens is 406 g/mol. The van der Waals surface area contributed by atoms with Gasteiger partial charge < -0.3 is 20.3 Å². The standard InChI is InChI=1S/C23H28ClNO5/c1-13(2)16-6-5-7-17(23(29)30-4)19(16)10-15(12-26)25-22(28)11-18-14(3)21(27)9-8-20(18)24/h5-9,13,15,26-27H,10-12H2,1-4H3,(H,25,28). The van der Waals surface area contributed by atoms with Gasteiger partial charge in [-0.1, -0.05) is 37.6 Å². The zero-order valence-electron chi connectivity index (χ0n) is 17.7. The molecule has 1 unspecified atom stereocenters. The number of nitrogens with one attached hydrogen (secondary N) is 1. The molecule has 0 spiro atoms. The summed E-state index contributed by atoms with van der Waals surface area (Å²) in [4.78, 5) is 24.9. The van der Waals surface area contributed by atoms with Gasteiger partial charge in [0.05, 0.1) is 31.7 Å². The lowest BCUT2D eigenvalue weighted by molar-refractivity contribution is -0.121. The van der Waals surface area contributed by atoms with Crippen LogP contribution in [-0.4, -0.2) is 41.8 Å². The summed E-state index contributed by atoms with van der Waals surface area (Å²) >= 11 is 6.18. The molecule has 6 nitrogen and oxygen atoms in total. The molecule has 7 heteroatoms.